The van der Waals surface area contributed by atoms with Crippen LogP contribution < -0.4 is 4.74 Å². The standard InChI is InChI=1S/C12H8BrF2NO/c1-7-4-9(13)12(6-16-7)17-11-3-2-8(14)5-10(11)15/h2-6H,1H3. The third kappa shape index (κ3) is 2.79. The molecule has 0 aliphatic rings. The van der Waals surface area contributed by atoms with Crippen LogP contribution in [0.5, 0.6) is 11.5 Å². The predicted octanol–water partition coefficient (Wildman–Crippen LogP) is 4.22. The molecule has 0 radical (unpaired) electrons. The fourth-order valence-electron chi connectivity index (χ4n) is 1.27. The Kier molecular flexibility index (Phi) is 3.38. The maximum Gasteiger partial charge on any atom is 0.168 e. The molecule has 0 N–H and O–H groups in total. The first-order chi connectivity index (χ1) is 8.06. The smallest absolute Gasteiger partial charge is 0.168 e. The van der Waals surface area contributed by atoms with Gasteiger partial charge in [-0.05, 0) is 41.1 Å². The van der Waals surface area contributed by atoms with Gasteiger partial charge < -0.3 is 4.74 Å². The summed E-state index contributed by atoms with van der Waals surface area (Å²) in [5.41, 5.74) is 0.809. The van der Waals surface area contributed by atoms with Crippen molar-refractivity contribution >= 4 is 15.9 Å². The summed E-state index contributed by atoms with van der Waals surface area (Å²) in [6.07, 6.45) is 1.47. The molecule has 2 nitrogen and oxygen atoms in total. The maximum absolute atomic E-state index is 13.3. The Labute approximate surface area is 105 Å². The van der Waals surface area contributed by atoms with Gasteiger partial charge in [-0.1, -0.05) is 0 Å². The first-order valence-electron chi connectivity index (χ1n) is 4.81. The van der Waals surface area contributed by atoms with E-state index >= 15 is 0 Å². The number of rotatable bonds is 2. The molecule has 0 saturated carbocycles. The Balaban J connectivity index is 2.31. The highest BCUT2D eigenvalue weighted by molar-refractivity contribution is 9.10. The van der Waals surface area contributed by atoms with Crippen molar-refractivity contribution in [2.75, 3.05) is 0 Å². The molecule has 1 heterocycles. The van der Waals surface area contributed by atoms with Gasteiger partial charge in [0, 0.05) is 11.8 Å². The summed E-state index contributed by atoms with van der Waals surface area (Å²) in [6, 6.07) is 4.88. The number of benzene rings is 1. The van der Waals surface area contributed by atoms with Gasteiger partial charge in [0.05, 0.1) is 10.7 Å². The van der Waals surface area contributed by atoms with E-state index in [2.05, 4.69) is 20.9 Å². The normalized spacial score (nSPS) is 10.4. The number of aromatic nitrogens is 1. The summed E-state index contributed by atoms with van der Waals surface area (Å²) < 4.78 is 32.0. The zero-order valence-corrected chi connectivity index (χ0v) is 10.5. The van der Waals surface area contributed by atoms with E-state index in [0.717, 1.165) is 17.8 Å². The topological polar surface area (TPSA) is 22.1 Å². The van der Waals surface area contributed by atoms with Gasteiger partial charge in [-0.25, -0.2) is 8.78 Å². The van der Waals surface area contributed by atoms with Gasteiger partial charge in [0.1, 0.15) is 5.82 Å². The van der Waals surface area contributed by atoms with Crippen LogP contribution in [0.1, 0.15) is 5.69 Å². The SMILES string of the molecule is Cc1cc(Br)c(Oc2ccc(F)cc2F)cn1. The molecule has 2 rings (SSSR count). The minimum absolute atomic E-state index is 0.0437. The summed E-state index contributed by atoms with van der Waals surface area (Å²) in [4.78, 5) is 4.03. The number of halogens is 3. The van der Waals surface area contributed by atoms with E-state index in [1.807, 2.05) is 6.92 Å². The highest BCUT2D eigenvalue weighted by Crippen LogP contribution is 2.30. The maximum atomic E-state index is 13.3. The molecule has 0 saturated heterocycles. The number of hydrogen-bond acceptors (Lipinski definition) is 2. The van der Waals surface area contributed by atoms with E-state index < -0.39 is 11.6 Å². The van der Waals surface area contributed by atoms with Crippen molar-refractivity contribution in [1.82, 2.24) is 4.98 Å². The quantitative estimate of drug-likeness (QED) is 0.828. The highest BCUT2D eigenvalue weighted by atomic mass is 79.9. The molecule has 0 aliphatic carbocycles. The van der Waals surface area contributed by atoms with Gasteiger partial charge in [0.15, 0.2) is 17.3 Å². The van der Waals surface area contributed by atoms with Gasteiger partial charge in [0.2, 0.25) is 0 Å². The zero-order valence-electron chi connectivity index (χ0n) is 8.88. The van der Waals surface area contributed by atoms with Gasteiger partial charge in [-0.3, -0.25) is 4.98 Å². The molecule has 0 bridgehead atoms. The van der Waals surface area contributed by atoms with Crippen molar-refractivity contribution in [2.45, 2.75) is 6.92 Å². The average molecular weight is 300 g/mol. The second-order valence-corrected chi connectivity index (χ2v) is 4.29. The molecule has 0 atom stereocenters. The van der Waals surface area contributed by atoms with Gasteiger partial charge in [0.25, 0.3) is 0 Å². The summed E-state index contributed by atoms with van der Waals surface area (Å²) in [7, 11) is 0. The van der Waals surface area contributed by atoms with E-state index in [1.165, 1.54) is 12.3 Å². The molecule has 0 spiro atoms. The van der Waals surface area contributed by atoms with E-state index in [9.17, 15) is 8.78 Å². The molecule has 1 aromatic heterocycles. The van der Waals surface area contributed by atoms with Gasteiger partial charge >= 0.3 is 0 Å². The second-order valence-electron chi connectivity index (χ2n) is 3.43. The molecular weight excluding hydrogens is 292 g/mol. The van der Waals surface area contributed by atoms with E-state index in [4.69, 9.17) is 4.74 Å². The molecule has 17 heavy (non-hydrogen) atoms. The predicted molar refractivity (Wildman–Crippen MR) is 63.1 cm³/mol. The molecule has 2 aromatic rings. The Hall–Kier alpha value is -1.49. The first-order valence-corrected chi connectivity index (χ1v) is 5.60. The highest BCUT2D eigenvalue weighted by Gasteiger charge is 2.09. The van der Waals surface area contributed by atoms with Crippen molar-refractivity contribution in [2.24, 2.45) is 0 Å². The second kappa shape index (κ2) is 4.79. The summed E-state index contributed by atoms with van der Waals surface area (Å²) in [5, 5.41) is 0. The number of ether oxygens (including phenoxy) is 1. The summed E-state index contributed by atoms with van der Waals surface area (Å²) in [6.45, 7) is 1.83. The van der Waals surface area contributed by atoms with Crippen LogP contribution in [0.25, 0.3) is 0 Å². The minimum Gasteiger partial charge on any atom is -0.451 e. The summed E-state index contributed by atoms with van der Waals surface area (Å²) >= 11 is 3.28. The van der Waals surface area contributed by atoms with Crippen LogP contribution in [-0.4, -0.2) is 4.98 Å². The van der Waals surface area contributed by atoms with E-state index in [0.29, 0.717) is 10.2 Å². The Morgan fingerprint density at radius 2 is 1.94 bits per heavy atom. The van der Waals surface area contributed by atoms with Crippen molar-refractivity contribution in [1.29, 1.82) is 0 Å². The Morgan fingerprint density at radius 1 is 1.18 bits per heavy atom. The van der Waals surface area contributed by atoms with Gasteiger partial charge in [-0.15, -0.1) is 0 Å². The number of pyridine rings is 1. The molecule has 0 fully saturated rings. The van der Waals surface area contributed by atoms with E-state index in [-0.39, 0.29) is 5.75 Å². The molecule has 0 aliphatic heterocycles. The lowest BCUT2D eigenvalue weighted by atomic mass is 10.3. The van der Waals surface area contributed by atoms with Crippen molar-refractivity contribution in [3.05, 3.63) is 52.3 Å². The third-order valence-corrected chi connectivity index (χ3v) is 2.69. The molecule has 5 heteroatoms. The lowest BCUT2D eigenvalue weighted by molar-refractivity contribution is 0.434. The van der Waals surface area contributed by atoms with Crippen molar-refractivity contribution in [3.63, 3.8) is 0 Å². The third-order valence-electron chi connectivity index (χ3n) is 2.07. The van der Waals surface area contributed by atoms with Crippen LogP contribution in [0.15, 0.2) is 34.9 Å². The number of hydrogen-bond donors (Lipinski definition) is 0. The fourth-order valence-corrected chi connectivity index (χ4v) is 1.78. The fraction of sp³-hybridized carbons (Fsp3) is 0.0833. The molecule has 0 amide bonds. The van der Waals surface area contributed by atoms with Gasteiger partial charge in [-0.2, -0.15) is 0 Å². The van der Waals surface area contributed by atoms with Crippen LogP contribution in [0.4, 0.5) is 8.78 Å². The van der Waals surface area contributed by atoms with Crippen LogP contribution in [-0.2, 0) is 0 Å². The van der Waals surface area contributed by atoms with Crippen LogP contribution >= 0.6 is 15.9 Å². The monoisotopic (exact) mass is 299 g/mol. The van der Waals surface area contributed by atoms with Crippen LogP contribution in [0.2, 0.25) is 0 Å². The van der Waals surface area contributed by atoms with Crippen LogP contribution in [0, 0.1) is 18.6 Å². The average Bonchev–Trinajstić information content (AvgIpc) is 2.25. The summed E-state index contributed by atoms with van der Waals surface area (Å²) in [5.74, 6) is -1.06. The minimum atomic E-state index is -0.752. The molecule has 1 aromatic carbocycles. The molecule has 88 valence electrons. The van der Waals surface area contributed by atoms with Crippen molar-refractivity contribution < 1.29 is 13.5 Å². The molecular formula is C12H8BrF2NO. The van der Waals surface area contributed by atoms with Crippen molar-refractivity contribution in [3.8, 4) is 11.5 Å². The number of aryl methyl sites for hydroxylation is 1. The van der Waals surface area contributed by atoms with E-state index in [1.54, 1.807) is 6.07 Å². The largest absolute Gasteiger partial charge is 0.451 e. The lowest BCUT2D eigenvalue weighted by Gasteiger charge is -2.08. The molecule has 0 unspecified atom stereocenters. The van der Waals surface area contributed by atoms with Crippen LogP contribution in [0.3, 0.4) is 0 Å². The lowest BCUT2D eigenvalue weighted by Crippen LogP contribution is -1.92. The zero-order chi connectivity index (χ0) is 12.4. The Bertz CT molecular complexity index is 511. The Morgan fingerprint density at radius 3 is 2.59 bits per heavy atom. The number of nitrogens with zero attached hydrogens (tertiary/aromatic N) is 1. The first kappa shape index (κ1) is 12.0.